The lowest BCUT2D eigenvalue weighted by Gasteiger charge is -2.17. The molecule has 1 aliphatic carbocycles. The van der Waals surface area contributed by atoms with Crippen molar-refractivity contribution < 1.29 is 0 Å². The highest BCUT2D eigenvalue weighted by molar-refractivity contribution is 7.99. The van der Waals surface area contributed by atoms with Gasteiger partial charge in [-0.3, -0.25) is 9.36 Å². The van der Waals surface area contributed by atoms with E-state index in [0.29, 0.717) is 0 Å². The molecule has 0 unspecified atom stereocenters. The highest BCUT2D eigenvalue weighted by atomic mass is 32.2. The summed E-state index contributed by atoms with van der Waals surface area (Å²) in [4.78, 5) is 16.6. The maximum atomic E-state index is 12.0. The average Bonchev–Trinajstić information content (AvgIpc) is 2.66. The molecule has 74 valence electrons. The van der Waals surface area contributed by atoms with Crippen molar-refractivity contribution in [2.45, 2.75) is 37.4 Å². The molecular weight excluding hydrogens is 196 g/mol. The van der Waals surface area contributed by atoms with E-state index in [1.165, 1.54) is 0 Å². The van der Waals surface area contributed by atoms with E-state index < -0.39 is 0 Å². The van der Waals surface area contributed by atoms with Gasteiger partial charge < -0.3 is 0 Å². The van der Waals surface area contributed by atoms with Crippen LogP contribution in [0.3, 0.4) is 0 Å². The molecule has 1 aromatic heterocycles. The molecule has 0 spiro atoms. The molecule has 0 saturated heterocycles. The van der Waals surface area contributed by atoms with Gasteiger partial charge in [0.1, 0.15) is 0 Å². The summed E-state index contributed by atoms with van der Waals surface area (Å²) < 4.78 is 1.86. The molecular formula is C10H12N2OS. The molecule has 2 aliphatic rings. The van der Waals surface area contributed by atoms with Crippen LogP contribution in [0.15, 0.2) is 9.95 Å². The second kappa shape index (κ2) is 3.12. The SMILES string of the molecule is O=c1c2c(nc3n1CCCS3)CCC2. The van der Waals surface area contributed by atoms with Crippen LogP contribution >= 0.6 is 11.8 Å². The highest BCUT2D eigenvalue weighted by Crippen LogP contribution is 2.24. The molecule has 0 radical (unpaired) electrons. The fraction of sp³-hybridized carbons (Fsp3) is 0.600. The third-order valence-electron chi connectivity index (χ3n) is 2.91. The first kappa shape index (κ1) is 8.53. The quantitative estimate of drug-likeness (QED) is 0.601. The molecule has 0 aromatic carbocycles. The molecule has 0 amide bonds. The Labute approximate surface area is 86.5 Å². The number of aromatic nitrogens is 2. The maximum Gasteiger partial charge on any atom is 0.257 e. The second-order valence-corrected chi connectivity index (χ2v) is 4.89. The lowest BCUT2D eigenvalue weighted by Crippen LogP contribution is -2.29. The van der Waals surface area contributed by atoms with E-state index in [4.69, 9.17) is 0 Å². The fourth-order valence-corrected chi connectivity index (χ4v) is 3.16. The summed E-state index contributed by atoms with van der Waals surface area (Å²) in [6, 6.07) is 0. The molecule has 0 atom stereocenters. The van der Waals surface area contributed by atoms with Crippen molar-refractivity contribution >= 4 is 11.8 Å². The Kier molecular flexibility index (Phi) is 1.90. The molecule has 1 aromatic rings. The molecule has 3 rings (SSSR count). The molecule has 3 nitrogen and oxygen atoms in total. The third-order valence-corrected chi connectivity index (χ3v) is 3.97. The first-order chi connectivity index (χ1) is 6.86. The first-order valence-corrected chi connectivity index (χ1v) is 6.10. The smallest absolute Gasteiger partial charge is 0.257 e. The standard InChI is InChI=1S/C10H12N2OS/c13-9-7-3-1-4-8(7)11-10-12(9)5-2-6-14-10/h1-6H2. The Balaban J connectivity index is 2.25. The Morgan fingerprint density at radius 2 is 2.21 bits per heavy atom. The van der Waals surface area contributed by atoms with Gasteiger partial charge in [-0.05, 0) is 25.7 Å². The van der Waals surface area contributed by atoms with Crippen LogP contribution in [0.1, 0.15) is 24.1 Å². The number of rotatable bonds is 0. The van der Waals surface area contributed by atoms with Crippen molar-refractivity contribution in [2.75, 3.05) is 5.75 Å². The molecule has 0 N–H and O–H groups in total. The van der Waals surface area contributed by atoms with Crippen LogP contribution < -0.4 is 5.56 Å². The van der Waals surface area contributed by atoms with E-state index in [0.717, 1.165) is 54.4 Å². The van der Waals surface area contributed by atoms with E-state index >= 15 is 0 Å². The number of aryl methyl sites for hydroxylation is 1. The van der Waals surface area contributed by atoms with E-state index in [2.05, 4.69) is 4.98 Å². The highest BCUT2D eigenvalue weighted by Gasteiger charge is 2.22. The van der Waals surface area contributed by atoms with Gasteiger partial charge >= 0.3 is 0 Å². The van der Waals surface area contributed by atoms with Gasteiger partial charge in [-0.2, -0.15) is 0 Å². The minimum atomic E-state index is 0.231. The van der Waals surface area contributed by atoms with Gasteiger partial charge in [-0.25, -0.2) is 4.98 Å². The monoisotopic (exact) mass is 208 g/mol. The van der Waals surface area contributed by atoms with Crippen molar-refractivity contribution in [1.29, 1.82) is 0 Å². The summed E-state index contributed by atoms with van der Waals surface area (Å²) in [5, 5.41) is 0.946. The normalized spacial score (nSPS) is 19.1. The lowest BCUT2D eigenvalue weighted by atomic mass is 10.2. The van der Waals surface area contributed by atoms with Crippen molar-refractivity contribution in [3.63, 3.8) is 0 Å². The minimum Gasteiger partial charge on any atom is -0.287 e. The van der Waals surface area contributed by atoms with Gasteiger partial charge in [0.25, 0.3) is 5.56 Å². The first-order valence-electron chi connectivity index (χ1n) is 5.11. The predicted octanol–water partition coefficient (Wildman–Crippen LogP) is 1.23. The van der Waals surface area contributed by atoms with E-state index in [1.807, 2.05) is 4.57 Å². The molecule has 0 saturated carbocycles. The molecule has 4 heteroatoms. The average molecular weight is 208 g/mol. The number of nitrogens with zero attached hydrogens (tertiary/aromatic N) is 2. The second-order valence-electron chi connectivity index (χ2n) is 3.83. The van der Waals surface area contributed by atoms with Crippen LogP contribution in [-0.2, 0) is 19.4 Å². The Morgan fingerprint density at radius 1 is 1.29 bits per heavy atom. The number of hydrogen-bond acceptors (Lipinski definition) is 3. The van der Waals surface area contributed by atoms with E-state index in [1.54, 1.807) is 11.8 Å². The summed E-state index contributed by atoms with van der Waals surface area (Å²) in [5.41, 5.74) is 2.28. The Bertz CT molecular complexity index is 438. The summed E-state index contributed by atoms with van der Waals surface area (Å²) in [6.07, 6.45) is 4.13. The van der Waals surface area contributed by atoms with E-state index in [9.17, 15) is 4.79 Å². The van der Waals surface area contributed by atoms with Crippen LogP contribution in [0.4, 0.5) is 0 Å². The summed E-state index contributed by atoms with van der Waals surface area (Å²) in [5.74, 6) is 1.10. The van der Waals surface area contributed by atoms with Crippen molar-refractivity contribution in [3.8, 4) is 0 Å². The fourth-order valence-electron chi connectivity index (χ4n) is 2.20. The third kappa shape index (κ3) is 1.13. The number of thioether (sulfide) groups is 1. The van der Waals surface area contributed by atoms with Crippen molar-refractivity contribution in [1.82, 2.24) is 9.55 Å². The zero-order valence-electron chi connectivity index (χ0n) is 7.95. The van der Waals surface area contributed by atoms with Crippen LogP contribution in [0.5, 0.6) is 0 Å². The minimum absolute atomic E-state index is 0.231. The van der Waals surface area contributed by atoms with Crippen LogP contribution in [0, 0.1) is 0 Å². The number of hydrogen-bond donors (Lipinski definition) is 0. The zero-order chi connectivity index (χ0) is 9.54. The van der Waals surface area contributed by atoms with Crippen molar-refractivity contribution in [3.05, 3.63) is 21.6 Å². The van der Waals surface area contributed by atoms with Crippen molar-refractivity contribution in [2.24, 2.45) is 0 Å². The van der Waals surface area contributed by atoms with Crippen LogP contribution in [-0.4, -0.2) is 15.3 Å². The van der Waals surface area contributed by atoms with Crippen LogP contribution in [0.25, 0.3) is 0 Å². The molecule has 0 bridgehead atoms. The Hall–Kier alpha value is -0.770. The predicted molar refractivity (Wildman–Crippen MR) is 55.9 cm³/mol. The molecule has 0 fully saturated rings. The Morgan fingerprint density at radius 3 is 3.14 bits per heavy atom. The van der Waals surface area contributed by atoms with Gasteiger partial charge in [0, 0.05) is 17.9 Å². The summed E-state index contributed by atoms with van der Waals surface area (Å²) in [7, 11) is 0. The van der Waals surface area contributed by atoms with Gasteiger partial charge in [-0.1, -0.05) is 11.8 Å². The summed E-state index contributed by atoms with van der Waals surface area (Å²) >= 11 is 1.72. The molecule has 1 aliphatic heterocycles. The largest absolute Gasteiger partial charge is 0.287 e. The van der Waals surface area contributed by atoms with Gasteiger partial charge in [0.15, 0.2) is 5.16 Å². The summed E-state index contributed by atoms with van der Waals surface area (Å²) in [6.45, 7) is 0.863. The van der Waals surface area contributed by atoms with Crippen LogP contribution in [0.2, 0.25) is 0 Å². The van der Waals surface area contributed by atoms with Gasteiger partial charge in [0.05, 0.1) is 5.69 Å². The number of fused-ring (bicyclic) bond motifs is 2. The topological polar surface area (TPSA) is 34.9 Å². The van der Waals surface area contributed by atoms with Gasteiger partial charge in [0.2, 0.25) is 0 Å². The zero-order valence-corrected chi connectivity index (χ0v) is 8.77. The van der Waals surface area contributed by atoms with E-state index in [-0.39, 0.29) is 5.56 Å². The van der Waals surface area contributed by atoms with Gasteiger partial charge in [-0.15, -0.1) is 0 Å². The molecule has 2 heterocycles. The maximum absolute atomic E-state index is 12.0. The lowest BCUT2D eigenvalue weighted by molar-refractivity contribution is 0.554. The molecule has 14 heavy (non-hydrogen) atoms.